The molecule has 1 heterocycles. The van der Waals surface area contributed by atoms with E-state index in [-0.39, 0.29) is 6.54 Å². The van der Waals surface area contributed by atoms with Gasteiger partial charge in [0.2, 0.25) is 0 Å². The van der Waals surface area contributed by atoms with Crippen molar-refractivity contribution in [1.29, 1.82) is 0 Å². The molecule has 1 aromatic rings. The monoisotopic (exact) mass is 249 g/mol. The van der Waals surface area contributed by atoms with Crippen LogP contribution in [-0.4, -0.2) is 34.7 Å². The second-order valence-corrected chi connectivity index (χ2v) is 4.38. The van der Waals surface area contributed by atoms with E-state index in [9.17, 15) is 9.59 Å². The molecule has 7 heteroatoms. The summed E-state index contributed by atoms with van der Waals surface area (Å²) in [6.45, 7) is -0.330. The van der Waals surface area contributed by atoms with Crippen LogP contribution in [-0.2, 0) is 4.79 Å². The number of nitrogens with one attached hydrogen (secondary N) is 1. The van der Waals surface area contributed by atoms with Crippen molar-refractivity contribution in [2.24, 2.45) is 0 Å². The zero-order chi connectivity index (χ0) is 11.4. The van der Waals surface area contributed by atoms with Gasteiger partial charge in [0.1, 0.15) is 0 Å². The molecule has 0 spiro atoms. The number of halogens is 1. The van der Waals surface area contributed by atoms with E-state index < -0.39 is 18.0 Å². The normalized spacial score (nSPS) is 12.1. The lowest BCUT2D eigenvalue weighted by Gasteiger charge is -2.05. The van der Waals surface area contributed by atoms with Crippen LogP contribution in [0.4, 0.5) is 0 Å². The van der Waals surface area contributed by atoms with Crippen LogP contribution in [0, 0.1) is 0 Å². The van der Waals surface area contributed by atoms with E-state index >= 15 is 0 Å². The molecule has 0 unspecified atom stereocenters. The number of hydrogen-bond acceptors (Lipinski definition) is 4. The SMILES string of the molecule is O=C(NC[C@H](O)C(=O)O)c1ccc(Cl)s1. The second-order valence-electron chi connectivity index (χ2n) is 2.67. The summed E-state index contributed by atoms with van der Waals surface area (Å²) in [6.07, 6.45) is -1.59. The van der Waals surface area contributed by atoms with Crippen molar-refractivity contribution in [2.45, 2.75) is 6.10 Å². The zero-order valence-corrected chi connectivity index (χ0v) is 9.01. The van der Waals surface area contributed by atoms with Gasteiger partial charge in [-0.05, 0) is 12.1 Å². The maximum atomic E-state index is 11.3. The molecular formula is C8H8ClNO4S. The molecule has 5 nitrogen and oxygen atoms in total. The van der Waals surface area contributed by atoms with E-state index in [1.165, 1.54) is 6.07 Å². The van der Waals surface area contributed by atoms with Crippen LogP contribution < -0.4 is 5.32 Å². The topological polar surface area (TPSA) is 86.6 Å². The molecule has 1 aromatic heterocycles. The van der Waals surface area contributed by atoms with E-state index in [0.717, 1.165) is 11.3 Å². The highest BCUT2D eigenvalue weighted by atomic mass is 35.5. The number of thiophene rings is 1. The van der Waals surface area contributed by atoms with Crippen LogP contribution in [0.3, 0.4) is 0 Å². The largest absolute Gasteiger partial charge is 0.479 e. The summed E-state index contributed by atoms with van der Waals surface area (Å²) in [7, 11) is 0. The number of rotatable bonds is 4. The minimum absolute atomic E-state index is 0.330. The van der Waals surface area contributed by atoms with Gasteiger partial charge >= 0.3 is 5.97 Å². The quantitative estimate of drug-likeness (QED) is 0.728. The lowest BCUT2D eigenvalue weighted by molar-refractivity contribution is -0.146. The van der Waals surface area contributed by atoms with Crippen molar-refractivity contribution in [3.05, 3.63) is 21.3 Å². The van der Waals surface area contributed by atoms with Crippen LogP contribution in [0.1, 0.15) is 9.67 Å². The molecule has 0 fully saturated rings. The first kappa shape index (κ1) is 12.0. The molecule has 82 valence electrons. The summed E-state index contributed by atoms with van der Waals surface area (Å²) in [5.74, 6) is -1.83. The van der Waals surface area contributed by atoms with Gasteiger partial charge in [-0.15, -0.1) is 11.3 Å². The molecule has 15 heavy (non-hydrogen) atoms. The Labute approximate surface area is 94.3 Å². The van der Waals surface area contributed by atoms with Gasteiger partial charge in [0.15, 0.2) is 6.10 Å². The fourth-order valence-electron chi connectivity index (χ4n) is 0.800. The van der Waals surface area contributed by atoms with Crippen molar-refractivity contribution in [3.8, 4) is 0 Å². The van der Waals surface area contributed by atoms with Gasteiger partial charge < -0.3 is 15.5 Å². The number of aliphatic hydroxyl groups excluding tert-OH is 1. The number of aliphatic hydroxyl groups is 1. The van der Waals surface area contributed by atoms with E-state index in [1.54, 1.807) is 6.07 Å². The fourth-order valence-corrected chi connectivity index (χ4v) is 1.76. The molecule has 3 N–H and O–H groups in total. The highest BCUT2D eigenvalue weighted by Crippen LogP contribution is 2.20. The number of carbonyl (C=O) groups excluding carboxylic acids is 1. The molecule has 0 bridgehead atoms. The predicted octanol–water partition coefficient (Wildman–Crippen LogP) is 0.577. The second kappa shape index (κ2) is 5.11. The van der Waals surface area contributed by atoms with E-state index in [1.807, 2.05) is 0 Å². The third kappa shape index (κ3) is 3.50. The third-order valence-corrected chi connectivity index (χ3v) is 2.77. The van der Waals surface area contributed by atoms with Crippen molar-refractivity contribution in [3.63, 3.8) is 0 Å². The maximum absolute atomic E-state index is 11.3. The lowest BCUT2D eigenvalue weighted by atomic mass is 10.3. The molecule has 0 aromatic carbocycles. The number of amides is 1. The van der Waals surface area contributed by atoms with Crippen LogP contribution in [0.25, 0.3) is 0 Å². The van der Waals surface area contributed by atoms with Gasteiger partial charge in [0, 0.05) is 0 Å². The smallest absolute Gasteiger partial charge is 0.334 e. The van der Waals surface area contributed by atoms with Gasteiger partial charge in [-0.3, -0.25) is 4.79 Å². The minimum atomic E-state index is -1.59. The van der Waals surface area contributed by atoms with Gasteiger partial charge in [0.05, 0.1) is 15.8 Å². The molecule has 1 rings (SSSR count). The minimum Gasteiger partial charge on any atom is -0.479 e. The average molecular weight is 250 g/mol. The third-order valence-electron chi connectivity index (χ3n) is 1.54. The summed E-state index contributed by atoms with van der Waals surface area (Å²) in [5, 5.41) is 19.5. The Bertz CT molecular complexity index is 378. The Morgan fingerprint density at radius 3 is 2.67 bits per heavy atom. The molecule has 0 saturated heterocycles. The Hall–Kier alpha value is -1.11. The molecular weight excluding hydrogens is 242 g/mol. The van der Waals surface area contributed by atoms with E-state index in [4.69, 9.17) is 21.8 Å². The summed E-state index contributed by atoms with van der Waals surface area (Å²) in [5.41, 5.74) is 0. The van der Waals surface area contributed by atoms with Crippen molar-refractivity contribution < 1.29 is 19.8 Å². The summed E-state index contributed by atoms with van der Waals surface area (Å²) >= 11 is 6.69. The summed E-state index contributed by atoms with van der Waals surface area (Å²) < 4.78 is 0.471. The Morgan fingerprint density at radius 2 is 2.20 bits per heavy atom. The van der Waals surface area contributed by atoms with E-state index in [0.29, 0.717) is 9.21 Å². The highest BCUT2D eigenvalue weighted by Gasteiger charge is 2.15. The lowest BCUT2D eigenvalue weighted by Crippen LogP contribution is -2.36. The highest BCUT2D eigenvalue weighted by molar-refractivity contribution is 7.17. The molecule has 0 aliphatic carbocycles. The Kier molecular flexibility index (Phi) is 4.07. The standard InChI is InChI=1S/C8H8ClNO4S/c9-6-2-1-5(15-6)7(12)10-3-4(11)8(13)14/h1-2,4,11H,3H2,(H,10,12)(H,13,14)/t4-/m0/s1. The van der Waals surface area contributed by atoms with Crippen molar-refractivity contribution in [2.75, 3.05) is 6.54 Å². The zero-order valence-electron chi connectivity index (χ0n) is 7.44. The Morgan fingerprint density at radius 1 is 1.53 bits per heavy atom. The molecule has 0 radical (unpaired) electrons. The first-order valence-corrected chi connectivity index (χ1v) is 5.14. The summed E-state index contributed by atoms with van der Waals surface area (Å²) in [4.78, 5) is 21.9. The number of carbonyl (C=O) groups is 2. The van der Waals surface area contributed by atoms with Gasteiger partial charge in [-0.25, -0.2) is 4.79 Å². The number of hydrogen-bond donors (Lipinski definition) is 3. The summed E-state index contributed by atoms with van der Waals surface area (Å²) in [6, 6.07) is 3.09. The number of carboxylic acid groups (broad SMARTS) is 1. The number of carboxylic acids is 1. The Balaban J connectivity index is 2.47. The average Bonchev–Trinajstić information content (AvgIpc) is 2.60. The van der Waals surface area contributed by atoms with Gasteiger partial charge in [-0.1, -0.05) is 11.6 Å². The van der Waals surface area contributed by atoms with E-state index in [2.05, 4.69) is 5.32 Å². The fraction of sp³-hybridized carbons (Fsp3) is 0.250. The van der Waals surface area contributed by atoms with Gasteiger partial charge in [0.25, 0.3) is 5.91 Å². The number of aliphatic carboxylic acids is 1. The molecule has 1 amide bonds. The van der Waals surface area contributed by atoms with Gasteiger partial charge in [-0.2, -0.15) is 0 Å². The van der Waals surface area contributed by atoms with Crippen molar-refractivity contribution in [1.82, 2.24) is 5.32 Å². The first-order chi connectivity index (χ1) is 7.00. The predicted molar refractivity (Wildman–Crippen MR) is 55.3 cm³/mol. The molecule has 0 aliphatic heterocycles. The first-order valence-electron chi connectivity index (χ1n) is 3.95. The molecule has 0 saturated carbocycles. The van der Waals surface area contributed by atoms with Crippen LogP contribution in [0.15, 0.2) is 12.1 Å². The molecule has 0 aliphatic rings. The van der Waals surface area contributed by atoms with Crippen LogP contribution in [0.2, 0.25) is 4.34 Å². The van der Waals surface area contributed by atoms with Crippen molar-refractivity contribution >= 4 is 34.8 Å². The van der Waals surface area contributed by atoms with Crippen LogP contribution >= 0.6 is 22.9 Å². The maximum Gasteiger partial charge on any atom is 0.334 e. The molecule has 1 atom stereocenters. The van der Waals surface area contributed by atoms with Crippen LogP contribution in [0.5, 0.6) is 0 Å².